The first-order valence-corrected chi connectivity index (χ1v) is 7.58. The molecule has 122 valence electrons. The standard InChI is InChI=1S/C17H25NO4/c1-4-5-6-16(19)18(12-11-17(20)22-3)13-14-7-9-15(21-2)10-8-14/h7-10H,4-6,11-13H2,1-3H3. The Balaban J connectivity index is 2.69. The number of carbonyl (C=O) groups excluding carboxylic acids is 2. The van der Waals surface area contributed by atoms with Crippen molar-refractivity contribution in [2.45, 2.75) is 39.2 Å². The number of hydrogen-bond donors (Lipinski definition) is 0. The van der Waals surface area contributed by atoms with Crippen molar-refractivity contribution in [2.24, 2.45) is 0 Å². The van der Waals surface area contributed by atoms with Crippen molar-refractivity contribution in [2.75, 3.05) is 20.8 Å². The Hall–Kier alpha value is -2.04. The second-order valence-electron chi connectivity index (χ2n) is 5.09. The third-order valence-electron chi connectivity index (χ3n) is 3.44. The minimum Gasteiger partial charge on any atom is -0.497 e. The molecule has 0 radical (unpaired) electrons. The molecule has 22 heavy (non-hydrogen) atoms. The molecule has 1 rings (SSSR count). The first-order valence-electron chi connectivity index (χ1n) is 7.58. The van der Waals surface area contributed by atoms with Crippen LogP contribution in [0.5, 0.6) is 5.75 Å². The highest BCUT2D eigenvalue weighted by atomic mass is 16.5. The lowest BCUT2D eigenvalue weighted by atomic mass is 10.1. The van der Waals surface area contributed by atoms with E-state index in [2.05, 4.69) is 11.7 Å². The Bertz CT molecular complexity index is 470. The van der Waals surface area contributed by atoms with Crippen molar-refractivity contribution in [1.82, 2.24) is 4.90 Å². The molecule has 0 spiro atoms. The number of benzene rings is 1. The molecule has 0 saturated heterocycles. The summed E-state index contributed by atoms with van der Waals surface area (Å²) in [5, 5.41) is 0. The van der Waals surface area contributed by atoms with Crippen molar-refractivity contribution in [3.8, 4) is 5.75 Å². The minimum absolute atomic E-state index is 0.0709. The van der Waals surface area contributed by atoms with Crippen LogP contribution in [0.1, 0.15) is 38.2 Å². The van der Waals surface area contributed by atoms with Crippen LogP contribution in [0.15, 0.2) is 24.3 Å². The minimum atomic E-state index is -0.303. The van der Waals surface area contributed by atoms with Gasteiger partial charge in [0.2, 0.25) is 5.91 Å². The fourth-order valence-corrected chi connectivity index (χ4v) is 2.06. The number of nitrogens with zero attached hydrogens (tertiary/aromatic N) is 1. The van der Waals surface area contributed by atoms with Gasteiger partial charge in [0.25, 0.3) is 0 Å². The molecule has 0 fully saturated rings. The van der Waals surface area contributed by atoms with Gasteiger partial charge in [0, 0.05) is 19.5 Å². The van der Waals surface area contributed by atoms with Crippen molar-refractivity contribution < 1.29 is 19.1 Å². The summed E-state index contributed by atoms with van der Waals surface area (Å²) in [7, 11) is 2.97. The molecule has 0 heterocycles. The average Bonchev–Trinajstić information content (AvgIpc) is 2.56. The number of methoxy groups -OCH3 is 2. The van der Waals surface area contributed by atoms with E-state index in [4.69, 9.17) is 4.74 Å². The van der Waals surface area contributed by atoms with Crippen LogP contribution in [0.2, 0.25) is 0 Å². The Kier molecular flexibility index (Phi) is 8.04. The van der Waals surface area contributed by atoms with Crippen LogP contribution in [0.25, 0.3) is 0 Å². The maximum Gasteiger partial charge on any atom is 0.307 e. The van der Waals surface area contributed by atoms with Gasteiger partial charge in [-0.1, -0.05) is 25.5 Å². The molecule has 0 atom stereocenters. The summed E-state index contributed by atoms with van der Waals surface area (Å²) in [5.41, 5.74) is 1.01. The monoisotopic (exact) mass is 307 g/mol. The topological polar surface area (TPSA) is 55.8 Å². The molecule has 0 aromatic heterocycles. The van der Waals surface area contributed by atoms with Gasteiger partial charge in [-0.15, -0.1) is 0 Å². The predicted molar refractivity (Wildman–Crippen MR) is 84.6 cm³/mol. The molecule has 1 aromatic carbocycles. The van der Waals surface area contributed by atoms with E-state index in [9.17, 15) is 9.59 Å². The predicted octanol–water partition coefficient (Wildman–Crippen LogP) is 2.78. The van der Waals surface area contributed by atoms with Gasteiger partial charge < -0.3 is 14.4 Å². The zero-order chi connectivity index (χ0) is 16.4. The molecule has 0 aliphatic rings. The summed E-state index contributed by atoms with van der Waals surface area (Å²) >= 11 is 0. The van der Waals surface area contributed by atoms with Gasteiger partial charge in [0.15, 0.2) is 0 Å². The van der Waals surface area contributed by atoms with E-state index in [1.54, 1.807) is 12.0 Å². The molecule has 0 aliphatic carbocycles. The van der Waals surface area contributed by atoms with E-state index >= 15 is 0 Å². The lowest BCUT2D eigenvalue weighted by Gasteiger charge is -2.22. The van der Waals surface area contributed by atoms with E-state index in [0.717, 1.165) is 24.2 Å². The van der Waals surface area contributed by atoms with Crippen LogP contribution in [0.3, 0.4) is 0 Å². The molecule has 0 saturated carbocycles. The Labute approximate surface area is 132 Å². The van der Waals surface area contributed by atoms with E-state index in [1.165, 1.54) is 7.11 Å². The maximum absolute atomic E-state index is 12.3. The van der Waals surface area contributed by atoms with Crippen molar-refractivity contribution in [3.63, 3.8) is 0 Å². The van der Waals surface area contributed by atoms with Crippen LogP contribution >= 0.6 is 0 Å². The van der Waals surface area contributed by atoms with Crippen LogP contribution in [-0.2, 0) is 20.9 Å². The van der Waals surface area contributed by atoms with E-state index in [-0.39, 0.29) is 18.3 Å². The first-order chi connectivity index (χ1) is 10.6. The molecule has 5 nitrogen and oxygen atoms in total. The second-order valence-corrected chi connectivity index (χ2v) is 5.09. The molecular formula is C17H25NO4. The zero-order valence-electron chi connectivity index (χ0n) is 13.6. The third kappa shape index (κ3) is 6.16. The van der Waals surface area contributed by atoms with Crippen LogP contribution in [-0.4, -0.2) is 37.5 Å². The Morgan fingerprint density at radius 1 is 1.09 bits per heavy atom. The zero-order valence-corrected chi connectivity index (χ0v) is 13.6. The molecule has 0 bridgehead atoms. The van der Waals surface area contributed by atoms with Crippen LogP contribution in [0, 0.1) is 0 Å². The smallest absolute Gasteiger partial charge is 0.307 e. The molecular weight excluding hydrogens is 282 g/mol. The van der Waals surface area contributed by atoms with Crippen molar-refractivity contribution >= 4 is 11.9 Å². The van der Waals surface area contributed by atoms with E-state index < -0.39 is 0 Å². The Morgan fingerprint density at radius 3 is 2.32 bits per heavy atom. The van der Waals surface area contributed by atoms with Gasteiger partial charge in [-0.3, -0.25) is 9.59 Å². The lowest BCUT2D eigenvalue weighted by molar-refractivity contribution is -0.142. The quantitative estimate of drug-likeness (QED) is 0.658. The second kappa shape index (κ2) is 9.82. The third-order valence-corrected chi connectivity index (χ3v) is 3.44. The van der Waals surface area contributed by atoms with Crippen LogP contribution in [0.4, 0.5) is 0 Å². The number of esters is 1. The van der Waals surface area contributed by atoms with Crippen molar-refractivity contribution in [3.05, 3.63) is 29.8 Å². The number of carbonyl (C=O) groups is 2. The van der Waals surface area contributed by atoms with Gasteiger partial charge in [0.1, 0.15) is 5.75 Å². The fourth-order valence-electron chi connectivity index (χ4n) is 2.06. The average molecular weight is 307 g/mol. The lowest BCUT2D eigenvalue weighted by Crippen LogP contribution is -2.32. The van der Waals surface area contributed by atoms with E-state index in [0.29, 0.717) is 19.5 Å². The largest absolute Gasteiger partial charge is 0.497 e. The number of amides is 1. The van der Waals surface area contributed by atoms with Gasteiger partial charge >= 0.3 is 5.97 Å². The molecule has 5 heteroatoms. The van der Waals surface area contributed by atoms with E-state index in [1.807, 2.05) is 24.3 Å². The highest BCUT2D eigenvalue weighted by Crippen LogP contribution is 2.14. The molecule has 0 aliphatic heterocycles. The number of rotatable bonds is 9. The van der Waals surface area contributed by atoms with Gasteiger partial charge in [0.05, 0.1) is 20.6 Å². The number of ether oxygens (including phenoxy) is 2. The summed E-state index contributed by atoms with van der Waals surface area (Å²) in [5.74, 6) is 0.548. The van der Waals surface area contributed by atoms with Gasteiger partial charge in [-0.05, 0) is 24.1 Å². The molecule has 1 amide bonds. The highest BCUT2D eigenvalue weighted by Gasteiger charge is 2.15. The fraction of sp³-hybridized carbons (Fsp3) is 0.529. The summed E-state index contributed by atoms with van der Waals surface area (Å²) in [6, 6.07) is 7.59. The molecule has 0 N–H and O–H groups in total. The molecule has 1 aromatic rings. The number of hydrogen-bond acceptors (Lipinski definition) is 4. The molecule has 0 unspecified atom stereocenters. The first kappa shape index (κ1) is 18.0. The summed E-state index contributed by atoms with van der Waals surface area (Å²) in [4.78, 5) is 25.3. The van der Waals surface area contributed by atoms with Crippen molar-refractivity contribution in [1.29, 1.82) is 0 Å². The normalized spacial score (nSPS) is 10.1. The summed E-state index contributed by atoms with van der Waals surface area (Å²) in [6.45, 7) is 2.92. The van der Waals surface area contributed by atoms with Gasteiger partial charge in [-0.25, -0.2) is 0 Å². The summed E-state index contributed by atoms with van der Waals surface area (Å²) in [6.07, 6.45) is 2.55. The highest BCUT2D eigenvalue weighted by molar-refractivity contribution is 5.77. The number of unbranched alkanes of at least 4 members (excludes halogenated alkanes) is 1. The summed E-state index contributed by atoms with van der Waals surface area (Å²) < 4.78 is 9.78. The SMILES string of the molecule is CCCCC(=O)N(CCC(=O)OC)Cc1ccc(OC)cc1. The van der Waals surface area contributed by atoms with Gasteiger partial charge in [-0.2, -0.15) is 0 Å². The maximum atomic E-state index is 12.3. The van der Waals surface area contributed by atoms with Crippen LogP contribution < -0.4 is 4.74 Å². The Morgan fingerprint density at radius 2 is 1.77 bits per heavy atom.